The zero-order valence-electron chi connectivity index (χ0n) is 16.5. The van der Waals surface area contributed by atoms with Crippen LogP contribution in [0.5, 0.6) is 0 Å². The topological polar surface area (TPSA) is 38.7 Å². The van der Waals surface area contributed by atoms with E-state index < -0.39 is 5.79 Å². The van der Waals surface area contributed by atoms with Crippen LogP contribution in [0.25, 0.3) is 0 Å². The van der Waals surface area contributed by atoms with E-state index in [1.165, 1.54) is 0 Å². The predicted octanol–water partition coefficient (Wildman–Crippen LogP) is 5.35. The maximum atomic E-state index is 9.46. The molecular weight excluding hydrogens is 312 g/mol. The van der Waals surface area contributed by atoms with Crippen molar-refractivity contribution in [2.45, 2.75) is 58.8 Å². The number of rotatable bonds is 5. The van der Waals surface area contributed by atoms with Crippen LogP contribution in [0, 0.1) is 5.41 Å². The third-order valence-corrected chi connectivity index (χ3v) is 4.34. The molecule has 1 aliphatic heterocycles. The molecule has 0 bridgehead atoms. The lowest BCUT2D eigenvalue weighted by Gasteiger charge is -2.26. The largest absolute Gasteiger partial charge is 0.396 e. The molecule has 2 fully saturated rings. The maximum Gasteiger partial charge on any atom is 0.170 e. The van der Waals surface area contributed by atoms with Crippen molar-refractivity contribution in [2.24, 2.45) is 5.41 Å². The minimum atomic E-state index is -0.488. The number of ether oxygens (including phenoxy) is 2. The highest BCUT2D eigenvalue weighted by atomic mass is 16.7. The summed E-state index contributed by atoms with van der Waals surface area (Å²) in [6.07, 6.45) is 13.6. The minimum Gasteiger partial charge on any atom is -0.396 e. The first-order chi connectivity index (χ1) is 12.0. The van der Waals surface area contributed by atoms with Gasteiger partial charge in [-0.25, -0.2) is 0 Å². The summed E-state index contributed by atoms with van der Waals surface area (Å²) in [5.74, 6) is -0.488. The Balaban J connectivity index is 0.000000845. The normalized spacial score (nSPS) is 31.1. The Bertz CT molecular complexity index is 472. The van der Waals surface area contributed by atoms with Crippen LogP contribution >= 0.6 is 0 Å². The van der Waals surface area contributed by atoms with E-state index >= 15 is 0 Å². The van der Waals surface area contributed by atoms with E-state index in [0.717, 1.165) is 24.8 Å². The summed E-state index contributed by atoms with van der Waals surface area (Å²) in [5.41, 5.74) is 1.05. The first kappa shape index (κ1) is 23.6. The lowest BCUT2D eigenvalue weighted by molar-refractivity contribution is -0.164. The monoisotopic (exact) mass is 348 g/mol. The molecule has 0 aromatic rings. The van der Waals surface area contributed by atoms with Crippen LogP contribution in [0.4, 0.5) is 0 Å². The molecule has 0 aromatic carbocycles. The molecule has 1 aliphatic carbocycles. The van der Waals surface area contributed by atoms with E-state index in [4.69, 9.17) is 9.47 Å². The van der Waals surface area contributed by atoms with Gasteiger partial charge in [0.05, 0.1) is 6.61 Å². The van der Waals surface area contributed by atoms with Crippen LogP contribution in [0.2, 0.25) is 0 Å². The highest BCUT2D eigenvalue weighted by Crippen LogP contribution is 2.49. The predicted molar refractivity (Wildman–Crippen MR) is 107 cm³/mol. The molecule has 1 saturated heterocycles. The van der Waals surface area contributed by atoms with E-state index in [1.807, 2.05) is 39.0 Å². The maximum absolute atomic E-state index is 9.46. The van der Waals surface area contributed by atoms with Crippen LogP contribution in [0.3, 0.4) is 0 Å². The fourth-order valence-electron chi connectivity index (χ4n) is 2.97. The highest BCUT2D eigenvalue weighted by molar-refractivity contribution is 5.26. The van der Waals surface area contributed by atoms with Crippen molar-refractivity contribution in [1.82, 2.24) is 0 Å². The molecule has 3 unspecified atom stereocenters. The summed E-state index contributed by atoms with van der Waals surface area (Å²) in [6.45, 7) is 19.3. The van der Waals surface area contributed by atoms with Crippen molar-refractivity contribution >= 4 is 0 Å². The Morgan fingerprint density at radius 3 is 2.24 bits per heavy atom. The molecule has 0 radical (unpaired) electrons. The second-order valence-corrected chi connectivity index (χ2v) is 6.33. The van der Waals surface area contributed by atoms with Crippen molar-refractivity contribution < 1.29 is 14.6 Å². The van der Waals surface area contributed by atoms with Gasteiger partial charge in [0.2, 0.25) is 0 Å². The average Bonchev–Trinajstić information content (AvgIpc) is 3.22. The number of hydrogen-bond donors (Lipinski definition) is 1. The van der Waals surface area contributed by atoms with Crippen LogP contribution in [0.15, 0.2) is 61.8 Å². The Morgan fingerprint density at radius 2 is 1.80 bits per heavy atom. The van der Waals surface area contributed by atoms with E-state index in [2.05, 4.69) is 26.7 Å². The zero-order chi connectivity index (χ0) is 19.3. The standard InChI is InChI=1S/C16H24O3.C4H6.C2H6/c1-4-6-7-13(5-2)14-10-18-16(19-14)9-8-15(3,11-16)12-17;1-3-4-2;1-2/h4-7,14,17H,1,8-12H2,2-3H3;3-4H,1-2H2;1-2H3/b7-6-,13-5+;;. The van der Waals surface area contributed by atoms with Gasteiger partial charge in [0, 0.05) is 19.4 Å². The zero-order valence-corrected chi connectivity index (χ0v) is 16.5. The van der Waals surface area contributed by atoms with E-state index in [-0.39, 0.29) is 18.1 Å². The summed E-state index contributed by atoms with van der Waals surface area (Å²) in [4.78, 5) is 0. The molecule has 142 valence electrons. The molecule has 25 heavy (non-hydrogen) atoms. The van der Waals surface area contributed by atoms with Gasteiger partial charge in [-0.05, 0) is 24.3 Å². The molecular formula is C22H36O3. The van der Waals surface area contributed by atoms with Crippen molar-refractivity contribution in [3.8, 4) is 0 Å². The van der Waals surface area contributed by atoms with Crippen LogP contribution in [0.1, 0.15) is 47.0 Å². The molecule has 3 atom stereocenters. The summed E-state index contributed by atoms with van der Waals surface area (Å²) in [5, 5.41) is 9.46. The average molecular weight is 349 g/mol. The molecule has 0 aromatic heterocycles. The van der Waals surface area contributed by atoms with Gasteiger partial charge in [-0.15, -0.1) is 0 Å². The van der Waals surface area contributed by atoms with Gasteiger partial charge in [-0.3, -0.25) is 0 Å². The Hall–Kier alpha value is -1.42. The second-order valence-electron chi connectivity index (χ2n) is 6.33. The molecule has 1 N–H and O–H groups in total. The van der Waals surface area contributed by atoms with Crippen molar-refractivity contribution in [3.05, 3.63) is 61.8 Å². The summed E-state index contributed by atoms with van der Waals surface area (Å²) < 4.78 is 12.1. The Morgan fingerprint density at radius 1 is 1.16 bits per heavy atom. The second kappa shape index (κ2) is 12.0. The molecule has 1 spiro atoms. The number of allylic oxidation sites excluding steroid dienone is 5. The van der Waals surface area contributed by atoms with Gasteiger partial charge < -0.3 is 14.6 Å². The number of aliphatic hydroxyl groups is 1. The summed E-state index contributed by atoms with van der Waals surface area (Å²) >= 11 is 0. The van der Waals surface area contributed by atoms with Gasteiger partial charge in [-0.1, -0.05) is 77.0 Å². The smallest absolute Gasteiger partial charge is 0.170 e. The minimum absolute atomic E-state index is 0.0118. The molecule has 1 saturated carbocycles. The molecule has 3 heteroatoms. The third-order valence-electron chi connectivity index (χ3n) is 4.34. The Kier molecular flexibility index (Phi) is 11.3. The van der Waals surface area contributed by atoms with Gasteiger partial charge in [-0.2, -0.15) is 0 Å². The molecule has 2 aliphatic rings. The van der Waals surface area contributed by atoms with Gasteiger partial charge in [0.1, 0.15) is 6.10 Å². The van der Waals surface area contributed by atoms with Crippen molar-refractivity contribution in [2.75, 3.05) is 13.2 Å². The molecule has 0 amide bonds. The number of hydrogen-bond acceptors (Lipinski definition) is 3. The van der Waals surface area contributed by atoms with Crippen molar-refractivity contribution in [1.29, 1.82) is 0 Å². The highest BCUT2D eigenvalue weighted by Gasteiger charge is 2.52. The first-order valence-electron chi connectivity index (χ1n) is 9.09. The van der Waals surface area contributed by atoms with E-state index in [9.17, 15) is 5.11 Å². The van der Waals surface area contributed by atoms with Crippen LogP contribution in [-0.2, 0) is 9.47 Å². The third kappa shape index (κ3) is 7.15. The quantitative estimate of drug-likeness (QED) is 0.680. The summed E-state index contributed by atoms with van der Waals surface area (Å²) in [6, 6.07) is 0. The lowest BCUT2D eigenvalue weighted by atomic mass is 9.90. The molecule has 3 nitrogen and oxygen atoms in total. The van der Waals surface area contributed by atoms with E-state index in [0.29, 0.717) is 6.61 Å². The van der Waals surface area contributed by atoms with Gasteiger partial charge in [0.25, 0.3) is 0 Å². The van der Waals surface area contributed by atoms with Crippen LogP contribution < -0.4 is 0 Å². The van der Waals surface area contributed by atoms with Gasteiger partial charge in [0.15, 0.2) is 5.79 Å². The van der Waals surface area contributed by atoms with Crippen LogP contribution in [-0.4, -0.2) is 30.2 Å². The number of aliphatic hydroxyl groups excluding tert-OH is 1. The molecule has 1 heterocycles. The van der Waals surface area contributed by atoms with Gasteiger partial charge >= 0.3 is 0 Å². The van der Waals surface area contributed by atoms with E-state index in [1.54, 1.807) is 18.2 Å². The fourth-order valence-corrected chi connectivity index (χ4v) is 2.97. The van der Waals surface area contributed by atoms with Crippen molar-refractivity contribution in [3.63, 3.8) is 0 Å². The molecule has 2 rings (SSSR count). The summed E-state index contributed by atoms with van der Waals surface area (Å²) in [7, 11) is 0. The SMILES string of the molecule is C=C/C=C\C(=C/C)C1COC2(CCC(C)(CO)C2)O1.C=CC=C.CC. The fraction of sp³-hybridized carbons (Fsp3) is 0.545. The Labute approximate surface area is 154 Å². The first-order valence-corrected chi connectivity index (χ1v) is 9.09. The lowest BCUT2D eigenvalue weighted by Crippen LogP contribution is -2.30.